The van der Waals surface area contributed by atoms with Crippen molar-refractivity contribution in [1.82, 2.24) is 24.7 Å². The van der Waals surface area contributed by atoms with Crippen LogP contribution in [0.1, 0.15) is 28.5 Å². The van der Waals surface area contributed by atoms with Crippen LogP contribution in [0.2, 0.25) is 0 Å². The summed E-state index contributed by atoms with van der Waals surface area (Å²) in [5.74, 6) is 2.20. The van der Waals surface area contributed by atoms with Crippen LogP contribution in [-0.4, -0.2) is 44.4 Å². The van der Waals surface area contributed by atoms with Crippen LogP contribution in [-0.2, 0) is 4.74 Å². The zero-order valence-corrected chi connectivity index (χ0v) is 21.0. The van der Waals surface area contributed by atoms with Gasteiger partial charge in [-0.3, -0.25) is 0 Å². The van der Waals surface area contributed by atoms with Crippen LogP contribution in [0.25, 0.3) is 28.1 Å². The summed E-state index contributed by atoms with van der Waals surface area (Å²) in [6.45, 7) is 5.92. The summed E-state index contributed by atoms with van der Waals surface area (Å²) in [6, 6.07) is 19.2. The van der Waals surface area contributed by atoms with Gasteiger partial charge in [-0.15, -0.1) is 0 Å². The fourth-order valence-electron chi connectivity index (χ4n) is 4.04. The molecule has 0 atom stereocenters. The molecule has 9 nitrogen and oxygen atoms in total. The molecule has 0 radical (unpaired) electrons. The summed E-state index contributed by atoms with van der Waals surface area (Å²) in [5, 5.41) is 9.02. The minimum atomic E-state index is -0.520. The Hall–Kier alpha value is -4.79. The number of aryl methyl sites for hydroxylation is 2. The van der Waals surface area contributed by atoms with Gasteiger partial charge in [0.05, 0.1) is 24.9 Å². The smallest absolute Gasteiger partial charge is 0.343 e. The summed E-state index contributed by atoms with van der Waals surface area (Å²) in [7, 11) is 1.61. The summed E-state index contributed by atoms with van der Waals surface area (Å²) in [4.78, 5) is 26.7. The maximum absolute atomic E-state index is 12.7. The van der Waals surface area contributed by atoms with Crippen LogP contribution >= 0.6 is 0 Å². The van der Waals surface area contributed by atoms with Gasteiger partial charge in [-0.2, -0.15) is 9.78 Å². The number of carbonyl (C=O) groups excluding carboxylic acids is 1. The van der Waals surface area contributed by atoms with Crippen molar-refractivity contribution in [2.24, 2.45) is 0 Å². The van der Waals surface area contributed by atoms with Crippen molar-refractivity contribution < 1.29 is 14.3 Å². The van der Waals surface area contributed by atoms with Gasteiger partial charge in [-0.05, 0) is 62.7 Å². The highest BCUT2D eigenvalue weighted by atomic mass is 16.5. The predicted molar refractivity (Wildman–Crippen MR) is 142 cm³/mol. The Kier molecular flexibility index (Phi) is 6.51. The lowest BCUT2D eigenvalue weighted by molar-refractivity contribution is 0.0526. The summed E-state index contributed by atoms with van der Waals surface area (Å²) >= 11 is 0. The van der Waals surface area contributed by atoms with Gasteiger partial charge < -0.3 is 14.8 Å². The average molecular weight is 495 g/mol. The number of aromatic nitrogens is 5. The molecule has 1 N–H and O–H groups in total. The Bertz CT molecular complexity index is 1590. The molecule has 0 unspecified atom stereocenters. The topological polar surface area (TPSA) is 104 Å². The second-order valence-electron chi connectivity index (χ2n) is 8.43. The van der Waals surface area contributed by atoms with Crippen LogP contribution in [0.3, 0.4) is 0 Å². The number of esters is 1. The summed E-state index contributed by atoms with van der Waals surface area (Å²) < 4.78 is 12.2. The predicted octanol–water partition coefficient (Wildman–Crippen LogP) is 5.42. The van der Waals surface area contributed by atoms with Crippen molar-refractivity contribution in [3.8, 4) is 23.0 Å². The molecule has 186 valence electrons. The van der Waals surface area contributed by atoms with E-state index >= 15 is 0 Å². The van der Waals surface area contributed by atoms with Crippen LogP contribution < -0.4 is 10.1 Å². The monoisotopic (exact) mass is 494 g/mol. The van der Waals surface area contributed by atoms with Crippen molar-refractivity contribution in [1.29, 1.82) is 0 Å². The number of benzene rings is 2. The molecule has 5 rings (SSSR count). The Morgan fingerprint density at radius 1 is 1.03 bits per heavy atom. The third-order valence-corrected chi connectivity index (χ3v) is 5.84. The number of hydrogen-bond donors (Lipinski definition) is 1. The van der Waals surface area contributed by atoms with E-state index in [1.54, 1.807) is 18.7 Å². The molecule has 2 aromatic carbocycles. The van der Waals surface area contributed by atoms with Gasteiger partial charge >= 0.3 is 5.97 Å². The van der Waals surface area contributed by atoms with E-state index in [4.69, 9.17) is 14.5 Å². The Labute approximate surface area is 214 Å². The van der Waals surface area contributed by atoms with Crippen LogP contribution in [0, 0.1) is 13.8 Å². The standard InChI is InChI=1S/C28H26N6O3/c1-5-37-28(35)22-16-29-26(19-10-12-20(36-4)13-11-19)32-27(22)31-25-15-18(3)33-34(25)24-14-17(2)21-8-6-7-9-23(21)30-24/h6-16H,5H2,1-4H3,(H,29,31,32). The van der Waals surface area contributed by atoms with E-state index in [-0.39, 0.29) is 12.2 Å². The number of nitrogens with zero attached hydrogens (tertiary/aromatic N) is 5. The molecule has 3 aromatic heterocycles. The minimum Gasteiger partial charge on any atom is -0.497 e. The number of nitrogens with one attached hydrogen (secondary N) is 1. The number of carbonyl (C=O) groups is 1. The molecule has 0 aliphatic rings. The summed E-state index contributed by atoms with van der Waals surface area (Å²) in [5.41, 5.74) is 3.71. The zero-order valence-electron chi connectivity index (χ0n) is 21.0. The highest BCUT2D eigenvalue weighted by Gasteiger charge is 2.20. The number of rotatable bonds is 7. The van der Waals surface area contributed by atoms with Crippen molar-refractivity contribution in [3.05, 3.63) is 83.7 Å². The molecule has 3 heterocycles. The molecular formula is C28H26N6O3. The number of para-hydroxylation sites is 1. The maximum atomic E-state index is 12.7. The Morgan fingerprint density at radius 2 is 1.81 bits per heavy atom. The van der Waals surface area contributed by atoms with E-state index in [1.807, 2.05) is 74.5 Å². The quantitative estimate of drug-likeness (QED) is 0.299. The fraction of sp³-hybridized carbons (Fsp3) is 0.179. The lowest BCUT2D eigenvalue weighted by atomic mass is 10.1. The van der Waals surface area contributed by atoms with Gasteiger partial charge in [0, 0.05) is 23.2 Å². The highest BCUT2D eigenvalue weighted by Crippen LogP contribution is 2.27. The molecule has 0 amide bonds. The lowest BCUT2D eigenvalue weighted by Gasteiger charge is -2.14. The Morgan fingerprint density at radius 3 is 2.57 bits per heavy atom. The van der Waals surface area contributed by atoms with E-state index < -0.39 is 5.97 Å². The van der Waals surface area contributed by atoms with E-state index in [9.17, 15) is 4.79 Å². The Balaban J connectivity index is 1.59. The first-order valence-corrected chi connectivity index (χ1v) is 11.9. The highest BCUT2D eigenvalue weighted by molar-refractivity contribution is 5.95. The van der Waals surface area contributed by atoms with Gasteiger partial charge in [-0.25, -0.2) is 19.7 Å². The molecule has 0 aliphatic heterocycles. The zero-order chi connectivity index (χ0) is 25.9. The van der Waals surface area contributed by atoms with Crippen molar-refractivity contribution in [2.45, 2.75) is 20.8 Å². The van der Waals surface area contributed by atoms with E-state index in [0.29, 0.717) is 23.3 Å². The van der Waals surface area contributed by atoms with Gasteiger partial charge in [-0.1, -0.05) is 18.2 Å². The van der Waals surface area contributed by atoms with E-state index in [1.165, 1.54) is 6.20 Å². The number of methoxy groups -OCH3 is 1. The molecule has 0 saturated heterocycles. The number of hydrogen-bond acceptors (Lipinski definition) is 8. The van der Waals surface area contributed by atoms with Crippen molar-refractivity contribution >= 4 is 28.5 Å². The molecule has 9 heteroatoms. The first kappa shape index (κ1) is 23.9. The molecule has 5 aromatic rings. The van der Waals surface area contributed by atoms with Gasteiger partial charge in [0.25, 0.3) is 0 Å². The number of ether oxygens (including phenoxy) is 2. The van der Waals surface area contributed by atoms with Crippen LogP contribution in [0.5, 0.6) is 5.75 Å². The lowest BCUT2D eigenvalue weighted by Crippen LogP contribution is -2.13. The van der Waals surface area contributed by atoms with Crippen molar-refractivity contribution in [3.63, 3.8) is 0 Å². The number of pyridine rings is 1. The normalized spacial score (nSPS) is 10.9. The molecule has 0 spiro atoms. The third kappa shape index (κ3) is 4.84. The molecular weight excluding hydrogens is 468 g/mol. The maximum Gasteiger partial charge on any atom is 0.343 e. The minimum absolute atomic E-state index is 0.215. The molecule has 0 aliphatic carbocycles. The van der Waals surface area contributed by atoms with E-state index in [2.05, 4.69) is 20.4 Å². The third-order valence-electron chi connectivity index (χ3n) is 5.84. The summed E-state index contributed by atoms with van der Waals surface area (Å²) in [6.07, 6.45) is 1.47. The molecule has 0 fully saturated rings. The first-order valence-electron chi connectivity index (χ1n) is 11.9. The van der Waals surface area contributed by atoms with Gasteiger partial charge in [0.1, 0.15) is 22.9 Å². The van der Waals surface area contributed by atoms with Crippen LogP contribution in [0.4, 0.5) is 11.6 Å². The second kappa shape index (κ2) is 10.1. The van der Waals surface area contributed by atoms with Gasteiger partial charge in [0.2, 0.25) is 0 Å². The molecule has 0 bridgehead atoms. The second-order valence-corrected chi connectivity index (χ2v) is 8.43. The SMILES string of the molecule is CCOC(=O)c1cnc(-c2ccc(OC)cc2)nc1Nc1cc(C)nn1-c1cc(C)c2ccccc2n1. The number of anilines is 2. The molecule has 37 heavy (non-hydrogen) atoms. The fourth-order valence-corrected chi connectivity index (χ4v) is 4.04. The first-order chi connectivity index (χ1) is 18.0. The molecule has 0 saturated carbocycles. The largest absolute Gasteiger partial charge is 0.497 e. The van der Waals surface area contributed by atoms with Crippen molar-refractivity contribution in [2.75, 3.05) is 19.0 Å². The van der Waals surface area contributed by atoms with E-state index in [0.717, 1.165) is 33.5 Å². The number of fused-ring (bicyclic) bond motifs is 1. The van der Waals surface area contributed by atoms with Gasteiger partial charge in [0.15, 0.2) is 11.6 Å². The van der Waals surface area contributed by atoms with Crippen LogP contribution in [0.15, 0.2) is 66.9 Å². The average Bonchev–Trinajstić information content (AvgIpc) is 3.28.